The number of rotatable bonds is 6. The van der Waals surface area contributed by atoms with Crippen molar-refractivity contribution in [1.29, 1.82) is 0 Å². The van der Waals surface area contributed by atoms with Crippen molar-refractivity contribution in [3.05, 3.63) is 50.1 Å². The zero-order chi connectivity index (χ0) is 20.3. The van der Waals surface area contributed by atoms with E-state index >= 15 is 0 Å². The molecule has 1 fully saturated rings. The van der Waals surface area contributed by atoms with Crippen molar-refractivity contribution in [2.24, 2.45) is 17.8 Å². The van der Waals surface area contributed by atoms with Gasteiger partial charge >= 0.3 is 0 Å². The van der Waals surface area contributed by atoms with Crippen molar-refractivity contribution in [2.75, 3.05) is 14.2 Å². The number of methoxy groups -OCH3 is 2. The van der Waals surface area contributed by atoms with Gasteiger partial charge in [0, 0.05) is 10.0 Å². The predicted molar refractivity (Wildman–Crippen MR) is 123 cm³/mol. The lowest BCUT2D eigenvalue weighted by Crippen LogP contribution is -2.28. The van der Waals surface area contributed by atoms with E-state index in [2.05, 4.69) is 56.8 Å². The first-order valence-electron chi connectivity index (χ1n) is 9.90. The highest BCUT2D eigenvalue weighted by molar-refractivity contribution is 9.11. The number of hydrogen-bond donors (Lipinski definition) is 0. The minimum absolute atomic E-state index is 0.544. The molecule has 2 aliphatic carbocycles. The summed E-state index contributed by atoms with van der Waals surface area (Å²) in [5, 5.41) is 0. The Morgan fingerprint density at radius 2 is 2.07 bits per heavy atom. The fraction of sp³-hybridized carbons (Fsp3) is 0.500. The molecule has 0 spiro atoms. The molecule has 0 saturated heterocycles. The largest absolute Gasteiger partial charge is 0.496 e. The first kappa shape index (κ1) is 21.5. The summed E-state index contributed by atoms with van der Waals surface area (Å²) in [6.45, 7) is 2.41. The van der Waals surface area contributed by atoms with Crippen LogP contribution in [0.1, 0.15) is 49.7 Å². The molecule has 0 heterocycles. The summed E-state index contributed by atoms with van der Waals surface area (Å²) in [6.07, 6.45) is 15.2. The van der Waals surface area contributed by atoms with Crippen molar-refractivity contribution in [2.45, 2.75) is 44.9 Å². The summed E-state index contributed by atoms with van der Waals surface area (Å²) >= 11 is 7.49. The number of fused-ring (bicyclic) bond motifs is 3. The van der Waals surface area contributed by atoms with Crippen molar-refractivity contribution in [1.82, 2.24) is 0 Å². The zero-order valence-electron chi connectivity index (χ0n) is 16.8. The molecule has 0 bridgehead atoms. The van der Waals surface area contributed by atoms with Crippen molar-refractivity contribution in [3.8, 4) is 18.1 Å². The van der Waals surface area contributed by atoms with Gasteiger partial charge in [0.2, 0.25) is 0 Å². The van der Waals surface area contributed by atoms with Crippen LogP contribution in [0.15, 0.2) is 39.0 Å². The topological polar surface area (TPSA) is 18.5 Å². The highest BCUT2D eigenvalue weighted by Crippen LogP contribution is 2.56. The summed E-state index contributed by atoms with van der Waals surface area (Å²) < 4.78 is 13.3. The Labute approximate surface area is 186 Å². The van der Waals surface area contributed by atoms with E-state index in [1.54, 1.807) is 14.2 Å². The molecule has 3 rings (SSSR count). The Bertz CT molecular complexity index is 819. The Hall–Kier alpha value is -1.18. The van der Waals surface area contributed by atoms with Gasteiger partial charge in [0.1, 0.15) is 5.75 Å². The van der Waals surface area contributed by atoms with E-state index < -0.39 is 0 Å². The minimum atomic E-state index is 0.544. The number of benzene rings is 1. The van der Waals surface area contributed by atoms with Gasteiger partial charge < -0.3 is 9.47 Å². The molecule has 4 heteroatoms. The van der Waals surface area contributed by atoms with E-state index in [9.17, 15) is 0 Å². The van der Waals surface area contributed by atoms with Gasteiger partial charge in [0.25, 0.3) is 0 Å². The van der Waals surface area contributed by atoms with E-state index in [0.29, 0.717) is 17.6 Å². The van der Waals surface area contributed by atoms with Crippen LogP contribution in [0.25, 0.3) is 0 Å². The van der Waals surface area contributed by atoms with Gasteiger partial charge in [0.15, 0.2) is 5.76 Å². The van der Waals surface area contributed by atoms with E-state index in [1.807, 2.05) is 12.2 Å². The lowest BCUT2D eigenvalue weighted by atomic mass is 9.67. The third-order valence-corrected chi connectivity index (χ3v) is 7.64. The van der Waals surface area contributed by atoms with E-state index in [4.69, 9.17) is 15.9 Å². The number of ether oxygens (including phenoxy) is 2. The van der Waals surface area contributed by atoms with E-state index in [-0.39, 0.29) is 0 Å². The van der Waals surface area contributed by atoms with Crippen LogP contribution < -0.4 is 4.74 Å². The van der Waals surface area contributed by atoms with Crippen molar-refractivity contribution >= 4 is 31.9 Å². The van der Waals surface area contributed by atoms with Crippen LogP contribution >= 0.6 is 31.9 Å². The molecular formula is C24H28Br2O2. The molecule has 2 aliphatic rings. The molecule has 28 heavy (non-hydrogen) atoms. The molecule has 0 amide bonds. The summed E-state index contributed by atoms with van der Waals surface area (Å²) in [4.78, 5) is 0. The number of allylic oxidation sites excluding steroid dienone is 4. The molecule has 2 nitrogen and oxygen atoms in total. The Kier molecular flexibility index (Phi) is 7.34. The quantitative estimate of drug-likeness (QED) is 0.235. The molecule has 2 unspecified atom stereocenters. The van der Waals surface area contributed by atoms with Crippen LogP contribution in [0.4, 0.5) is 0 Å². The fourth-order valence-corrected chi connectivity index (χ4v) is 6.03. The van der Waals surface area contributed by atoms with Crippen LogP contribution in [0.3, 0.4) is 0 Å². The van der Waals surface area contributed by atoms with Gasteiger partial charge in [0.05, 0.1) is 14.2 Å². The molecule has 4 atom stereocenters. The Balaban J connectivity index is 1.81. The van der Waals surface area contributed by atoms with Gasteiger partial charge in [-0.3, -0.25) is 0 Å². The summed E-state index contributed by atoms with van der Waals surface area (Å²) in [6, 6.07) is 4.26. The SMILES string of the molecule is C#C/C(=C\C=C(\Br)CC[C@@H]1CC(C)C[C@H]2Cc3c(Br)ccc(OC)c3C12)OC. The first-order valence-corrected chi connectivity index (χ1v) is 11.5. The molecule has 150 valence electrons. The molecule has 1 aromatic rings. The predicted octanol–water partition coefficient (Wildman–Crippen LogP) is 6.98. The van der Waals surface area contributed by atoms with E-state index in [0.717, 1.165) is 41.3 Å². The maximum Gasteiger partial charge on any atom is 0.169 e. The lowest BCUT2D eigenvalue weighted by molar-refractivity contribution is 0.171. The van der Waals surface area contributed by atoms with Crippen LogP contribution in [0, 0.1) is 30.1 Å². The van der Waals surface area contributed by atoms with E-state index in [1.165, 1.54) is 28.4 Å². The third kappa shape index (κ3) is 4.52. The molecule has 0 aliphatic heterocycles. The fourth-order valence-electron chi connectivity index (χ4n) is 5.16. The van der Waals surface area contributed by atoms with Crippen LogP contribution in [0.2, 0.25) is 0 Å². The van der Waals surface area contributed by atoms with Crippen LogP contribution in [-0.2, 0) is 11.2 Å². The average molecular weight is 508 g/mol. The van der Waals surface area contributed by atoms with Gasteiger partial charge in [-0.25, -0.2) is 0 Å². The summed E-state index contributed by atoms with van der Waals surface area (Å²) in [5.74, 6) is 6.89. The molecule has 0 radical (unpaired) electrons. The first-order chi connectivity index (χ1) is 13.5. The highest BCUT2D eigenvalue weighted by Gasteiger charge is 2.44. The van der Waals surface area contributed by atoms with Crippen molar-refractivity contribution < 1.29 is 9.47 Å². The lowest BCUT2D eigenvalue weighted by Gasteiger charge is -2.38. The molecule has 1 saturated carbocycles. The van der Waals surface area contributed by atoms with Crippen LogP contribution in [0.5, 0.6) is 5.75 Å². The molecule has 0 N–H and O–H groups in total. The maximum atomic E-state index is 5.77. The monoisotopic (exact) mass is 506 g/mol. The average Bonchev–Trinajstić information content (AvgIpc) is 3.07. The standard InChI is InChI=1S/C24H28Br2O2/c1-5-19(27-3)9-8-18(25)7-6-16-12-15(2)13-17-14-20-21(26)10-11-22(28-4)24(20)23(16)17/h1,8-11,15-17,23H,6-7,12-14H2,2-4H3/b18-8+,19-9+/t15?,16-,17+,23?/m1/s1. The van der Waals surface area contributed by atoms with Crippen LogP contribution in [-0.4, -0.2) is 14.2 Å². The Morgan fingerprint density at radius 1 is 1.29 bits per heavy atom. The zero-order valence-corrected chi connectivity index (χ0v) is 20.0. The molecular weight excluding hydrogens is 480 g/mol. The van der Waals surface area contributed by atoms with Gasteiger partial charge in [-0.2, -0.15) is 0 Å². The second-order valence-corrected chi connectivity index (χ2v) is 9.87. The highest BCUT2D eigenvalue weighted by atomic mass is 79.9. The summed E-state index contributed by atoms with van der Waals surface area (Å²) in [5.41, 5.74) is 2.91. The van der Waals surface area contributed by atoms with Crippen molar-refractivity contribution in [3.63, 3.8) is 0 Å². The second-order valence-electron chi connectivity index (χ2n) is 8.00. The third-order valence-electron chi connectivity index (χ3n) is 6.24. The number of hydrogen-bond acceptors (Lipinski definition) is 2. The maximum absolute atomic E-state index is 5.77. The summed E-state index contributed by atoms with van der Waals surface area (Å²) in [7, 11) is 3.39. The van der Waals surface area contributed by atoms with Gasteiger partial charge in [-0.15, -0.1) is 6.42 Å². The minimum Gasteiger partial charge on any atom is -0.496 e. The number of halogens is 2. The number of terminal acetylenes is 1. The molecule has 1 aromatic carbocycles. The second kappa shape index (κ2) is 9.55. The van der Waals surface area contributed by atoms with Gasteiger partial charge in [-0.05, 0) is 96.0 Å². The normalized spacial score (nSPS) is 27.0. The molecule has 0 aromatic heterocycles. The van der Waals surface area contributed by atoms with Gasteiger partial charge in [-0.1, -0.05) is 38.8 Å². The Morgan fingerprint density at radius 3 is 2.75 bits per heavy atom. The smallest absolute Gasteiger partial charge is 0.169 e.